The van der Waals surface area contributed by atoms with E-state index in [1.54, 1.807) is 36.6 Å². The van der Waals surface area contributed by atoms with Crippen molar-refractivity contribution in [2.75, 3.05) is 6.61 Å². The van der Waals surface area contributed by atoms with Gasteiger partial charge in [0.2, 0.25) is 0 Å². The Morgan fingerprint density at radius 3 is 2.52 bits per heavy atom. The Balaban J connectivity index is 1.91. The highest BCUT2D eigenvalue weighted by Gasteiger charge is 2.03. The van der Waals surface area contributed by atoms with Crippen molar-refractivity contribution in [1.29, 1.82) is 0 Å². The molecule has 0 saturated carbocycles. The molecule has 0 radical (unpaired) electrons. The van der Waals surface area contributed by atoms with Crippen LogP contribution in [0.5, 0.6) is 5.75 Å². The minimum atomic E-state index is -0.266. The summed E-state index contributed by atoms with van der Waals surface area (Å²) in [6, 6.07) is 16.4. The lowest BCUT2D eigenvalue weighted by molar-refractivity contribution is 0.0955. The van der Waals surface area contributed by atoms with Gasteiger partial charge >= 0.3 is 0 Å². The summed E-state index contributed by atoms with van der Waals surface area (Å²) in [4.78, 5) is 11.9. The molecule has 106 valence electrons. The molecule has 0 aliphatic carbocycles. The van der Waals surface area contributed by atoms with Crippen LogP contribution in [-0.2, 0) is 0 Å². The first-order chi connectivity index (χ1) is 10.3. The molecule has 4 nitrogen and oxygen atoms in total. The summed E-state index contributed by atoms with van der Waals surface area (Å²) in [6.45, 7) is 4.01. The number of rotatable bonds is 6. The quantitative estimate of drug-likeness (QED) is 0.502. The fourth-order valence-electron chi connectivity index (χ4n) is 1.63. The topological polar surface area (TPSA) is 50.7 Å². The normalized spacial score (nSPS) is 10.3. The fourth-order valence-corrected chi connectivity index (χ4v) is 1.63. The fraction of sp³-hybridized carbons (Fsp3) is 0.0588. The zero-order valence-electron chi connectivity index (χ0n) is 11.5. The number of amides is 1. The molecule has 2 aromatic carbocycles. The van der Waals surface area contributed by atoms with Crippen LogP contribution in [0.15, 0.2) is 72.4 Å². The number of carbonyl (C=O) groups excluding carboxylic acids is 1. The molecule has 0 spiro atoms. The average Bonchev–Trinajstić information content (AvgIpc) is 2.54. The van der Waals surface area contributed by atoms with Crippen LogP contribution in [0.25, 0.3) is 0 Å². The van der Waals surface area contributed by atoms with Gasteiger partial charge in [-0.25, -0.2) is 5.43 Å². The molecule has 2 rings (SSSR count). The Labute approximate surface area is 123 Å². The Kier molecular flexibility index (Phi) is 5.29. The molecule has 0 saturated heterocycles. The molecule has 0 bridgehead atoms. The molecule has 0 heterocycles. The second-order valence-corrected chi connectivity index (χ2v) is 4.23. The van der Waals surface area contributed by atoms with E-state index >= 15 is 0 Å². The summed E-state index contributed by atoms with van der Waals surface area (Å²) in [6.07, 6.45) is 3.26. The van der Waals surface area contributed by atoms with Crippen molar-refractivity contribution in [3.05, 3.63) is 78.4 Å². The standard InChI is InChI=1S/C17H16N2O2/c1-2-12-21-16-10-8-15(9-11-16)17(20)19-18-13-14-6-4-3-5-7-14/h2-11,13H,1,12H2,(H,19,20). The lowest BCUT2D eigenvalue weighted by Crippen LogP contribution is -2.17. The molecule has 0 fully saturated rings. The van der Waals surface area contributed by atoms with Crippen molar-refractivity contribution in [3.8, 4) is 5.75 Å². The Morgan fingerprint density at radius 2 is 1.86 bits per heavy atom. The van der Waals surface area contributed by atoms with Gasteiger partial charge in [-0.2, -0.15) is 5.10 Å². The molecule has 4 heteroatoms. The highest BCUT2D eigenvalue weighted by molar-refractivity contribution is 5.94. The lowest BCUT2D eigenvalue weighted by atomic mass is 10.2. The Bertz CT molecular complexity index is 619. The number of hydrazone groups is 1. The zero-order chi connectivity index (χ0) is 14.9. The van der Waals surface area contributed by atoms with Gasteiger partial charge in [-0.15, -0.1) is 0 Å². The average molecular weight is 280 g/mol. The predicted molar refractivity (Wildman–Crippen MR) is 83.6 cm³/mol. The van der Waals surface area contributed by atoms with Gasteiger partial charge in [0.1, 0.15) is 12.4 Å². The molecule has 0 atom stereocenters. The van der Waals surface area contributed by atoms with Gasteiger partial charge in [0.25, 0.3) is 5.91 Å². The van der Waals surface area contributed by atoms with Crippen LogP contribution in [0.3, 0.4) is 0 Å². The van der Waals surface area contributed by atoms with E-state index in [0.717, 1.165) is 5.56 Å². The first-order valence-electron chi connectivity index (χ1n) is 6.52. The molecular formula is C17H16N2O2. The number of hydrogen-bond acceptors (Lipinski definition) is 3. The van der Waals surface area contributed by atoms with Gasteiger partial charge in [-0.1, -0.05) is 43.0 Å². The van der Waals surface area contributed by atoms with E-state index < -0.39 is 0 Å². The Hall–Kier alpha value is -2.88. The second-order valence-electron chi connectivity index (χ2n) is 4.23. The number of carbonyl (C=O) groups is 1. The molecule has 2 aromatic rings. The highest BCUT2D eigenvalue weighted by atomic mass is 16.5. The van der Waals surface area contributed by atoms with Crippen molar-refractivity contribution < 1.29 is 9.53 Å². The van der Waals surface area contributed by atoms with Gasteiger partial charge in [0.15, 0.2) is 0 Å². The van der Waals surface area contributed by atoms with Gasteiger partial charge < -0.3 is 4.74 Å². The SMILES string of the molecule is C=CCOc1ccc(C(=O)NN=Cc2ccccc2)cc1. The largest absolute Gasteiger partial charge is 0.490 e. The summed E-state index contributed by atoms with van der Waals surface area (Å²) >= 11 is 0. The van der Waals surface area contributed by atoms with Gasteiger partial charge in [0, 0.05) is 5.56 Å². The van der Waals surface area contributed by atoms with Crippen molar-refractivity contribution in [2.45, 2.75) is 0 Å². The van der Waals surface area contributed by atoms with Crippen LogP contribution in [0, 0.1) is 0 Å². The highest BCUT2D eigenvalue weighted by Crippen LogP contribution is 2.12. The summed E-state index contributed by atoms with van der Waals surface area (Å²) in [5.74, 6) is 0.427. The van der Waals surface area contributed by atoms with Crippen molar-refractivity contribution in [1.82, 2.24) is 5.43 Å². The Morgan fingerprint density at radius 1 is 1.14 bits per heavy atom. The molecule has 0 aliphatic heterocycles. The van der Waals surface area contributed by atoms with Gasteiger partial charge in [-0.05, 0) is 29.8 Å². The maximum atomic E-state index is 11.9. The van der Waals surface area contributed by atoms with E-state index in [1.807, 2.05) is 30.3 Å². The smallest absolute Gasteiger partial charge is 0.271 e. The van der Waals surface area contributed by atoms with E-state index in [2.05, 4.69) is 17.1 Å². The first-order valence-corrected chi connectivity index (χ1v) is 6.52. The maximum Gasteiger partial charge on any atom is 0.271 e. The number of hydrogen-bond donors (Lipinski definition) is 1. The van der Waals surface area contributed by atoms with Crippen molar-refractivity contribution in [2.24, 2.45) is 5.10 Å². The third-order valence-corrected chi connectivity index (χ3v) is 2.66. The minimum absolute atomic E-state index is 0.266. The summed E-state index contributed by atoms with van der Waals surface area (Å²) in [5, 5.41) is 3.92. The third-order valence-electron chi connectivity index (χ3n) is 2.66. The molecular weight excluding hydrogens is 264 g/mol. The minimum Gasteiger partial charge on any atom is -0.490 e. The van der Waals surface area contributed by atoms with Gasteiger partial charge in [0.05, 0.1) is 6.21 Å². The number of nitrogens with one attached hydrogen (secondary N) is 1. The van der Waals surface area contributed by atoms with E-state index in [-0.39, 0.29) is 5.91 Å². The molecule has 0 unspecified atom stereocenters. The molecule has 1 amide bonds. The zero-order valence-corrected chi connectivity index (χ0v) is 11.5. The van der Waals surface area contributed by atoms with Crippen LogP contribution < -0.4 is 10.2 Å². The van der Waals surface area contributed by atoms with Crippen molar-refractivity contribution in [3.63, 3.8) is 0 Å². The van der Waals surface area contributed by atoms with E-state index in [0.29, 0.717) is 17.9 Å². The van der Waals surface area contributed by atoms with Crippen LogP contribution in [-0.4, -0.2) is 18.7 Å². The van der Waals surface area contributed by atoms with Crippen LogP contribution in [0.1, 0.15) is 15.9 Å². The van der Waals surface area contributed by atoms with Crippen LogP contribution in [0.4, 0.5) is 0 Å². The van der Waals surface area contributed by atoms with Crippen LogP contribution >= 0.6 is 0 Å². The van der Waals surface area contributed by atoms with E-state index in [1.165, 1.54) is 0 Å². The monoisotopic (exact) mass is 280 g/mol. The van der Waals surface area contributed by atoms with E-state index in [4.69, 9.17) is 4.74 Å². The summed E-state index contributed by atoms with van der Waals surface area (Å²) in [7, 11) is 0. The first kappa shape index (κ1) is 14.5. The van der Waals surface area contributed by atoms with Crippen LogP contribution in [0.2, 0.25) is 0 Å². The number of benzene rings is 2. The molecule has 0 aromatic heterocycles. The molecule has 1 N–H and O–H groups in total. The van der Waals surface area contributed by atoms with Crippen molar-refractivity contribution >= 4 is 12.1 Å². The summed E-state index contributed by atoms with van der Waals surface area (Å²) in [5.41, 5.74) is 3.93. The summed E-state index contributed by atoms with van der Waals surface area (Å²) < 4.78 is 5.35. The van der Waals surface area contributed by atoms with Gasteiger partial charge in [-0.3, -0.25) is 4.79 Å². The molecule has 21 heavy (non-hydrogen) atoms. The maximum absolute atomic E-state index is 11.9. The third kappa shape index (κ3) is 4.62. The predicted octanol–water partition coefficient (Wildman–Crippen LogP) is 3.02. The number of nitrogens with zero attached hydrogens (tertiary/aromatic N) is 1. The second kappa shape index (κ2) is 7.65. The van der Waals surface area contributed by atoms with E-state index in [9.17, 15) is 4.79 Å². The molecule has 0 aliphatic rings. The number of ether oxygens (including phenoxy) is 1. The lowest BCUT2D eigenvalue weighted by Gasteiger charge is -2.04.